The zero-order valence-electron chi connectivity index (χ0n) is 13.3. The maximum absolute atomic E-state index is 12.6. The summed E-state index contributed by atoms with van der Waals surface area (Å²) >= 11 is 5.26. The van der Waals surface area contributed by atoms with Gasteiger partial charge in [0.05, 0.1) is 5.39 Å². The van der Waals surface area contributed by atoms with Gasteiger partial charge in [-0.3, -0.25) is 4.79 Å². The third-order valence-corrected chi connectivity index (χ3v) is 6.33. The van der Waals surface area contributed by atoms with Gasteiger partial charge in [-0.05, 0) is 42.4 Å². The predicted molar refractivity (Wildman–Crippen MR) is 105 cm³/mol. The average Bonchev–Trinajstić information content (AvgIpc) is 2.93. The van der Waals surface area contributed by atoms with Crippen LogP contribution in [0.15, 0.2) is 35.1 Å². The van der Waals surface area contributed by atoms with E-state index in [0.717, 1.165) is 39.5 Å². The van der Waals surface area contributed by atoms with Crippen molar-refractivity contribution >= 4 is 48.0 Å². The number of rotatable bonds is 2. The summed E-state index contributed by atoms with van der Waals surface area (Å²) in [5.74, 6) is 1.28. The smallest absolute Gasteiger partial charge is 0.260 e. The maximum atomic E-state index is 12.6. The summed E-state index contributed by atoms with van der Waals surface area (Å²) in [7, 11) is 0. The Labute approximate surface area is 152 Å². The van der Waals surface area contributed by atoms with Crippen molar-refractivity contribution in [3.8, 4) is 0 Å². The Morgan fingerprint density at radius 2 is 2.17 bits per heavy atom. The molecule has 4 rings (SSSR count). The van der Waals surface area contributed by atoms with Crippen molar-refractivity contribution in [3.05, 3.63) is 62.5 Å². The number of H-pyrrole nitrogens is 1. The van der Waals surface area contributed by atoms with Crippen LogP contribution in [0.1, 0.15) is 35.2 Å². The second-order valence-electron chi connectivity index (χ2n) is 6.34. The van der Waals surface area contributed by atoms with Crippen molar-refractivity contribution in [3.63, 3.8) is 0 Å². The van der Waals surface area contributed by atoms with E-state index in [4.69, 9.17) is 0 Å². The summed E-state index contributed by atoms with van der Waals surface area (Å²) in [6.07, 6.45) is 5.08. The number of thiophene rings is 1. The van der Waals surface area contributed by atoms with E-state index in [9.17, 15) is 4.79 Å². The molecule has 1 atom stereocenters. The van der Waals surface area contributed by atoms with Crippen molar-refractivity contribution in [2.45, 2.75) is 26.2 Å². The number of fused-ring (bicyclic) bond motifs is 3. The minimum atomic E-state index is -0.0216. The van der Waals surface area contributed by atoms with Gasteiger partial charge >= 0.3 is 0 Å². The average molecular weight is 401 g/mol. The fraction of sp³-hybridized carbons (Fsp3) is 0.263. The first-order valence-electron chi connectivity index (χ1n) is 8.09. The molecule has 0 unspecified atom stereocenters. The molecule has 1 N–H and O–H groups in total. The molecular weight excluding hydrogens is 384 g/mol. The third-order valence-electron chi connectivity index (χ3n) is 4.50. The van der Waals surface area contributed by atoms with Crippen LogP contribution in [0.25, 0.3) is 20.8 Å². The van der Waals surface area contributed by atoms with E-state index in [2.05, 4.69) is 32.8 Å². The Balaban J connectivity index is 1.80. The lowest BCUT2D eigenvalue weighted by Gasteiger charge is -2.17. The molecule has 122 valence electrons. The highest BCUT2D eigenvalue weighted by Crippen LogP contribution is 2.35. The molecule has 1 aliphatic rings. The van der Waals surface area contributed by atoms with Gasteiger partial charge in [-0.25, -0.2) is 4.98 Å². The van der Waals surface area contributed by atoms with Crippen molar-refractivity contribution in [1.29, 1.82) is 0 Å². The highest BCUT2D eigenvalue weighted by Gasteiger charge is 2.22. The summed E-state index contributed by atoms with van der Waals surface area (Å²) in [5, 5.41) is 0.801. The van der Waals surface area contributed by atoms with Crippen molar-refractivity contribution in [1.82, 2.24) is 9.97 Å². The topological polar surface area (TPSA) is 45.8 Å². The fourth-order valence-corrected chi connectivity index (χ4v) is 5.11. The first-order chi connectivity index (χ1) is 11.6. The zero-order chi connectivity index (χ0) is 16.7. The van der Waals surface area contributed by atoms with Crippen LogP contribution >= 0.6 is 27.3 Å². The number of aromatic nitrogens is 2. The SMILES string of the molecule is C[C@@H]1CCc2c(sc3nc(/C=C(\Br)c4ccccc4)[nH]c(=O)c23)C1. The predicted octanol–water partition coefficient (Wildman–Crippen LogP) is 5.00. The van der Waals surface area contributed by atoms with Crippen LogP contribution in [0.2, 0.25) is 0 Å². The number of aryl methyl sites for hydroxylation is 1. The molecular formula is C19H17BrN2OS. The molecule has 0 saturated heterocycles. The summed E-state index contributed by atoms with van der Waals surface area (Å²) in [6.45, 7) is 2.27. The molecule has 0 fully saturated rings. The molecule has 5 heteroatoms. The van der Waals surface area contributed by atoms with Gasteiger partial charge in [0.15, 0.2) is 0 Å². The molecule has 2 heterocycles. The Kier molecular flexibility index (Phi) is 4.14. The minimum absolute atomic E-state index is 0.0216. The van der Waals surface area contributed by atoms with Crippen LogP contribution in [0.3, 0.4) is 0 Å². The normalized spacial score (nSPS) is 17.9. The zero-order valence-corrected chi connectivity index (χ0v) is 15.7. The van der Waals surface area contributed by atoms with Crippen LogP contribution in [0, 0.1) is 5.92 Å². The Hall–Kier alpha value is -1.72. The van der Waals surface area contributed by atoms with E-state index in [1.54, 1.807) is 11.3 Å². The number of halogens is 1. The number of benzene rings is 1. The lowest BCUT2D eigenvalue weighted by atomic mass is 9.89. The van der Waals surface area contributed by atoms with Gasteiger partial charge in [0.2, 0.25) is 0 Å². The largest absolute Gasteiger partial charge is 0.306 e. The Bertz CT molecular complexity index is 988. The second kappa shape index (κ2) is 6.30. The van der Waals surface area contributed by atoms with E-state index in [1.165, 1.54) is 10.4 Å². The molecule has 0 spiro atoms. The number of hydrogen-bond donors (Lipinski definition) is 1. The number of nitrogens with one attached hydrogen (secondary N) is 1. The summed E-state index contributed by atoms with van der Waals surface area (Å²) in [4.78, 5) is 22.4. The molecule has 0 aliphatic heterocycles. The van der Waals surface area contributed by atoms with Crippen LogP contribution in [0.4, 0.5) is 0 Å². The molecule has 1 aromatic carbocycles. The highest BCUT2D eigenvalue weighted by molar-refractivity contribution is 9.15. The fourth-order valence-electron chi connectivity index (χ4n) is 3.23. The summed E-state index contributed by atoms with van der Waals surface area (Å²) in [5.41, 5.74) is 2.26. The first kappa shape index (κ1) is 15.8. The van der Waals surface area contributed by atoms with Gasteiger partial charge in [-0.15, -0.1) is 11.3 Å². The Morgan fingerprint density at radius 1 is 1.38 bits per heavy atom. The van der Waals surface area contributed by atoms with Crippen molar-refractivity contribution < 1.29 is 0 Å². The van der Waals surface area contributed by atoms with Gasteiger partial charge in [-0.1, -0.05) is 53.2 Å². The monoisotopic (exact) mass is 400 g/mol. The highest BCUT2D eigenvalue weighted by atomic mass is 79.9. The maximum Gasteiger partial charge on any atom is 0.260 e. The number of nitrogens with zero attached hydrogens (tertiary/aromatic N) is 1. The molecule has 2 aromatic heterocycles. The number of aromatic amines is 1. The standard InChI is InChI=1S/C19H17BrN2OS/c1-11-7-8-13-15(9-11)24-19-17(13)18(23)21-16(22-19)10-14(20)12-5-3-2-4-6-12/h2-6,10-11H,7-9H2,1H3,(H,21,22,23)/b14-10-/t11-/m1/s1. The van der Waals surface area contributed by atoms with E-state index >= 15 is 0 Å². The molecule has 0 bridgehead atoms. The molecule has 3 aromatic rings. The minimum Gasteiger partial charge on any atom is -0.306 e. The summed E-state index contributed by atoms with van der Waals surface area (Å²) < 4.78 is 0.903. The molecule has 0 amide bonds. The van der Waals surface area contributed by atoms with Crippen molar-refractivity contribution in [2.24, 2.45) is 5.92 Å². The molecule has 3 nitrogen and oxygen atoms in total. The van der Waals surface area contributed by atoms with Crippen molar-refractivity contribution in [2.75, 3.05) is 0 Å². The van der Waals surface area contributed by atoms with E-state index in [0.29, 0.717) is 11.7 Å². The molecule has 0 radical (unpaired) electrons. The van der Waals surface area contributed by atoms with Gasteiger partial charge in [0.25, 0.3) is 5.56 Å². The second-order valence-corrected chi connectivity index (χ2v) is 8.28. The van der Waals surface area contributed by atoms with Crippen LogP contribution < -0.4 is 5.56 Å². The van der Waals surface area contributed by atoms with Crippen LogP contribution in [0.5, 0.6) is 0 Å². The van der Waals surface area contributed by atoms with Gasteiger partial charge in [-0.2, -0.15) is 0 Å². The van der Waals surface area contributed by atoms with E-state index < -0.39 is 0 Å². The van der Waals surface area contributed by atoms with Gasteiger partial charge in [0.1, 0.15) is 10.7 Å². The Morgan fingerprint density at radius 3 is 2.96 bits per heavy atom. The lowest BCUT2D eigenvalue weighted by molar-refractivity contribution is 0.509. The van der Waals surface area contributed by atoms with E-state index in [1.807, 2.05) is 36.4 Å². The van der Waals surface area contributed by atoms with Crippen LogP contribution in [-0.2, 0) is 12.8 Å². The molecule has 1 aliphatic carbocycles. The third kappa shape index (κ3) is 2.87. The lowest BCUT2D eigenvalue weighted by Crippen LogP contribution is -2.13. The number of hydrogen-bond acceptors (Lipinski definition) is 3. The van der Waals surface area contributed by atoms with Crippen LogP contribution in [-0.4, -0.2) is 9.97 Å². The summed E-state index contributed by atoms with van der Waals surface area (Å²) in [6, 6.07) is 9.98. The quantitative estimate of drug-likeness (QED) is 0.657. The van der Waals surface area contributed by atoms with E-state index in [-0.39, 0.29) is 5.56 Å². The first-order valence-corrected chi connectivity index (χ1v) is 9.70. The van der Waals surface area contributed by atoms with Gasteiger partial charge in [0, 0.05) is 9.36 Å². The molecule has 24 heavy (non-hydrogen) atoms. The van der Waals surface area contributed by atoms with Gasteiger partial charge < -0.3 is 4.98 Å². The molecule has 0 saturated carbocycles.